The maximum Gasteiger partial charge on any atom is 0.140 e. The van der Waals surface area contributed by atoms with E-state index >= 15 is 0 Å². The smallest absolute Gasteiger partial charge is 0.140 e. The van der Waals surface area contributed by atoms with E-state index in [0.29, 0.717) is 18.1 Å². The standard InChI is InChI=1S/C9H12O2/c1-9(5-10)6-2-3-7(9)8(11)4-6/h2-3,6-7,10H,4-5H2,1H3. The highest BCUT2D eigenvalue weighted by molar-refractivity contribution is 5.88. The van der Waals surface area contributed by atoms with Gasteiger partial charge in [-0.15, -0.1) is 0 Å². The molecule has 2 nitrogen and oxygen atoms in total. The van der Waals surface area contributed by atoms with Gasteiger partial charge in [-0.2, -0.15) is 0 Å². The number of hydrogen-bond donors (Lipinski definition) is 1. The van der Waals surface area contributed by atoms with Crippen molar-refractivity contribution in [2.75, 3.05) is 6.61 Å². The molecule has 11 heavy (non-hydrogen) atoms. The molecule has 3 atom stereocenters. The summed E-state index contributed by atoms with van der Waals surface area (Å²) in [5.74, 6) is 0.594. The molecule has 1 N–H and O–H groups in total. The summed E-state index contributed by atoms with van der Waals surface area (Å²) >= 11 is 0. The van der Waals surface area contributed by atoms with Crippen molar-refractivity contribution in [2.24, 2.45) is 17.3 Å². The first-order valence-corrected chi connectivity index (χ1v) is 4.00. The molecule has 2 bridgehead atoms. The van der Waals surface area contributed by atoms with Gasteiger partial charge in [-0.05, 0) is 5.92 Å². The van der Waals surface area contributed by atoms with Gasteiger partial charge < -0.3 is 5.11 Å². The zero-order valence-electron chi connectivity index (χ0n) is 6.58. The molecule has 1 fully saturated rings. The van der Waals surface area contributed by atoms with Crippen molar-refractivity contribution in [3.05, 3.63) is 12.2 Å². The van der Waals surface area contributed by atoms with Crippen LogP contribution in [-0.2, 0) is 4.79 Å². The number of hydrogen-bond acceptors (Lipinski definition) is 2. The second-order valence-electron chi connectivity index (χ2n) is 3.80. The molecule has 0 aromatic heterocycles. The van der Waals surface area contributed by atoms with Crippen LogP contribution in [0.1, 0.15) is 13.3 Å². The maximum atomic E-state index is 11.2. The SMILES string of the molecule is CC1(CO)C2C=CC1C(=O)C2. The van der Waals surface area contributed by atoms with Crippen LogP contribution in [0.3, 0.4) is 0 Å². The van der Waals surface area contributed by atoms with Gasteiger partial charge in [0.05, 0.1) is 6.61 Å². The molecule has 0 heterocycles. The minimum Gasteiger partial charge on any atom is -0.396 e. The van der Waals surface area contributed by atoms with Crippen molar-refractivity contribution in [1.82, 2.24) is 0 Å². The summed E-state index contributed by atoms with van der Waals surface area (Å²) in [6, 6.07) is 0. The number of rotatable bonds is 1. The molecule has 2 heteroatoms. The quantitative estimate of drug-likeness (QED) is 0.563. The highest BCUT2D eigenvalue weighted by Crippen LogP contribution is 2.51. The molecule has 1 saturated carbocycles. The Morgan fingerprint density at radius 2 is 2.45 bits per heavy atom. The van der Waals surface area contributed by atoms with Crippen LogP contribution in [0.5, 0.6) is 0 Å². The number of fused-ring (bicyclic) bond motifs is 2. The zero-order chi connectivity index (χ0) is 8.06. The van der Waals surface area contributed by atoms with Crippen molar-refractivity contribution in [2.45, 2.75) is 13.3 Å². The average Bonchev–Trinajstić information content (AvgIpc) is 2.42. The van der Waals surface area contributed by atoms with Crippen molar-refractivity contribution < 1.29 is 9.90 Å². The van der Waals surface area contributed by atoms with Crippen LogP contribution in [0.4, 0.5) is 0 Å². The highest BCUT2D eigenvalue weighted by Gasteiger charge is 2.52. The fourth-order valence-electron chi connectivity index (χ4n) is 2.25. The van der Waals surface area contributed by atoms with Crippen LogP contribution in [0.15, 0.2) is 12.2 Å². The molecule has 0 saturated heterocycles. The van der Waals surface area contributed by atoms with Gasteiger partial charge in [0.2, 0.25) is 0 Å². The Hall–Kier alpha value is -0.630. The summed E-state index contributed by atoms with van der Waals surface area (Å²) in [6.45, 7) is 2.12. The van der Waals surface area contributed by atoms with E-state index < -0.39 is 0 Å². The van der Waals surface area contributed by atoms with E-state index in [2.05, 4.69) is 6.08 Å². The number of carbonyl (C=O) groups excluding carboxylic acids is 1. The first kappa shape index (κ1) is 7.04. The van der Waals surface area contributed by atoms with Crippen LogP contribution in [-0.4, -0.2) is 17.5 Å². The monoisotopic (exact) mass is 152 g/mol. The summed E-state index contributed by atoms with van der Waals surface area (Å²) in [5, 5.41) is 9.13. The van der Waals surface area contributed by atoms with Gasteiger partial charge in [0, 0.05) is 17.8 Å². The lowest BCUT2D eigenvalue weighted by Crippen LogP contribution is -2.28. The lowest BCUT2D eigenvalue weighted by Gasteiger charge is -2.25. The summed E-state index contributed by atoms with van der Waals surface area (Å²) in [7, 11) is 0. The summed E-state index contributed by atoms with van der Waals surface area (Å²) in [6.07, 6.45) is 4.66. The molecule has 60 valence electrons. The molecule has 0 aliphatic heterocycles. The van der Waals surface area contributed by atoms with Crippen molar-refractivity contribution in [3.8, 4) is 0 Å². The minimum absolute atomic E-state index is 0.00231. The van der Waals surface area contributed by atoms with Crippen molar-refractivity contribution in [1.29, 1.82) is 0 Å². The van der Waals surface area contributed by atoms with E-state index in [4.69, 9.17) is 5.11 Å². The topological polar surface area (TPSA) is 37.3 Å². The second-order valence-corrected chi connectivity index (χ2v) is 3.80. The van der Waals surface area contributed by atoms with E-state index in [1.54, 1.807) is 0 Å². The molecule has 2 rings (SSSR count). The van der Waals surface area contributed by atoms with Crippen LogP contribution in [0.2, 0.25) is 0 Å². The third-order valence-corrected chi connectivity index (χ3v) is 3.20. The summed E-state index contributed by atoms with van der Waals surface area (Å²) in [4.78, 5) is 11.2. The summed E-state index contributed by atoms with van der Waals surface area (Å²) in [5.41, 5.74) is -0.170. The summed E-state index contributed by atoms with van der Waals surface area (Å²) < 4.78 is 0. The normalized spacial score (nSPS) is 47.3. The van der Waals surface area contributed by atoms with Crippen molar-refractivity contribution in [3.63, 3.8) is 0 Å². The van der Waals surface area contributed by atoms with Gasteiger partial charge in [0.1, 0.15) is 5.78 Å². The molecule has 0 radical (unpaired) electrons. The van der Waals surface area contributed by atoms with Gasteiger partial charge in [-0.25, -0.2) is 0 Å². The Bertz CT molecular complexity index is 232. The number of ketones is 1. The Labute approximate surface area is 65.9 Å². The number of aliphatic hydroxyl groups excluding tert-OH is 1. The molecular formula is C9H12O2. The highest BCUT2D eigenvalue weighted by atomic mass is 16.3. The third-order valence-electron chi connectivity index (χ3n) is 3.20. The van der Waals surface area contributed by atoms with Crippen LogP contribution in [0, 0.1) is 17.3 Å². The molecule has 0 spiro atoms. The van der Waals surface area contributed by atoms with Crippen molar-refractivity contribution >= 4 is 5.78 Å². The molecular weight excluding hydrogens is 140 g/mol. The van der Waals surface area contributed by atoms with E-state index in [0.717, 1.165) is 0 Å². The van der Waals surface area contributed by atoms with E-state index in [9.17, 15) is 4.79 Å². The predicted octanol–water partition coefficient (Wildman–Crippen LogP) is 0.760. The molecule has 0 aromatic carbocycles. The largest absolute Gasteiger partial charge is 0.396 e. The first-order valence-electron chi connectivity index (χ1n) is 4.00. The van der Waals surface area contributed by atoms with E-state index in [1.807, 2.05) is 13.0 Å². The molecule has 2 aliphatic carbocycles. The Morgan fingerprint density at radius 1 is 1.73 bits per heavy atom. The number of Topliss-reactive ketones (excluding diaryl/α,β-unsaturated/α-hetero) is 1. The van der Waals surface area contributed by atoms with Crippen LogP contribution in [0.25, 0.3) is 0 Å². The molecule has 0 aromatic rings. The molecule has 2 aliphatic rings. The Kier molecular flexibility index (Phi) is 1.25. The molecule has 0 amide bonds. The van der Waals surface area contributed by atoms with Gasteiger partial charge in [-0.1, -0.05) is 19.1 Å². The average molecular weight is 152 g/mol. The first-order chi connectivity index (χ1) is 5.18. The van der Waals surface area contributed by atoms with E-state index in [1.165, 1.54) is 0 Å². The Balaban J connectivity index is 2.37. The van der Waals surface area contributed by atoms with E-state index in [-0.39, 0.29) is 17.9 Å². The zero-order valence-corrected chi connectivity index (χ0v) is 6.58. The van der Waals surface area contributed by atoms with Gasteiger partial charge in [0.25, 0.3) is 0 Å². The lowest BCUT2D eigenvalue weighted by atomic mass is 9.79. The van der Waals surface area contributed by atoms with Crippen LogP contribution < -0.4 is 0 Å². The fourth-order valence-corrected chi connectivity index (χ4v) is 2.25. The lowest BCUT2D eigenvalue weighted by molar-refractivity contribution is -0.121. The maximum absolute atomic E-state index is 11.2. The Morgan fingerprint density at radius 3 is 2.73 bits per heavy atom. The second kappa shape index (κ2) is 1.95. The predicted molar refractivity (Wildman–Crippen MR) is 40.9 cm³/mol. The molecule has 3 unspecified atom stereocenters. The number of allylic oxidation sites excluding steroid dienone is 2. The van der Waals surface area contributed by atoms with Gasteiger partial charge in [0.15, 0.2) is 0 Å². The minimum atomic E-state index is -0.170. The fraction of sp³-hybridized carbons (Fsp3) is 0.667. The number of carbonyl (C=O) groups is 1. The third kappa shape index (κ3) is 0.679. The number of aliphatic hydroxyl groups is 1. The van der Waals surface area contributed by atoms with Gasteiger partial charge >= 0.3 is 0 Å². The van der Waals surface area contributed by atoms with Gasteiger partial charge in [-0.3, -0.25) is 4.79 Å². The van der Waals surface area contributed by atoms with Crippen LogP contribution >= 0.6 is 0 Å².